The molecule has 0 spiro atoms. The summed E-state index contributed by atoms with van der Waals surface area (Å²) in [7, 11) is -1.97. The average molecular weight is 262 g/mol. The summed E-state index contributed by atoms with van der Waals surface area (Å²) >= 11 is 0. The van der Waals surface area contributed by atoms with Crippen LogP contribution < -0.4 is 4.72 Å². The van der Waals surface area contributed by atoms with Crippen molar-refractivity contribution in [1.82, 2.24) is 18.6 Å². The van der Waals surface area contributed by atoms with E-state index in [9.17, 15) is 8.42 Å². The molecule has 1 aromatic heterocycles. The fourth-order valence-corrected chi connectivity index (χ4v) is 2.19. The molecule has 8 heteroatoms. The van der Waals surface area contributed by atoms with E-state index in [1.54, 1.807) is 23.3 Å². The second-order valence-electron chi connectivity index (χ2n) is 3.60. The molecule has 0 aliphatic rings. The number of hydrogen-bond donors (Lipinski definition) is 2. The molecular weight excluding hydrogens is 244 g/mol. The molecule has 0 radical (unpaired) electrons. The monoisotopic (exact) mass is 262 g/mol. The van der Waals surface area contributed by atoms with Crippen molar-refractivity contribution in [3.63, 3.8) is 0 Å². The molecule has 17 heavy (non-hydrogen) atoms. The summed E-state index contributed by atoms with van der Waals surface area (Å²) in [5.74, 6) is 0. The highest BCUT2D eigenvalue weighted by Crippen LogP contribution is 1.95. The lowest BCUT2D eigenvalue weighted by Crippen LogP contribution is -2.40. The maximum absolute atomic E-state index is 11.7. The number of aromatic nitrogens is 2. The van der Waals surface area contributed by atoms with Crippen LogP contribution in [0.2, 0.25) is 0 Å². The Labute approximate surface area is 101 Å². The van der Waals surface area contributed by atoms with Gasteiger partial charge in [0.1, 0.15) is 0 Å². The molecule has 0 aliphatic carbocycles. The molecule has 0 fully saturated rings. The fourth-order valence-electron chi connectivity index (χ4n) is 1.25. The Balaban J connectivity index is 2.33. The van der Waals surface area contributed by atoms with E-state index in [1.807, 2.05) is 0 Å². The van der Waals surface area contributed by atoms with Crippen molar-refractivity contribution in [3.05, 3.63) is 18.7 Å². The number of rotatable bonds is 8. The highest BCUT2D eigenvalue weighted by molar-refractivity contribution is 7.87. The summed E-state index contributed by atoms with van der Waals surface area (Å²) < 4.78 is 28.8. The number of imidazole rings is 1. The molecule has 0 atom stereocenters. The largest absolute Gasteiger partial charge is 0.396 e. The fraction of sp³-hybridized carbons (Fsp3) is 0.667. The first kappa shape index (κ1) is 14.1. The van der Waals surface area contributed by atoms with E-state index in [0.29, 0.717) is 26.1 Å². The highest BCUT2D eigenvalue weighted by Gasteiger charge is 2.15. The molecule has 0 aliphatic heterocycles. The van der Waals surface area contributed by atoms with Gasteiger partial charge in [-0.1, -0.05) is 0 Å². The zero-order valence-corrected chi connectivity index (χ0v) is 10.6. The summed E-state index contributed by atoms with van der Waals surface area (Å²) in [5.41, 5.74) is 0. The Kier molecular flexibility index (Phi) is 5.56. The predicted molar refractivity (Wildman–Crippen MR) is 63.5 cm³/mol. The van der Waals surface area contributed by atoms with Crippen LogP contribution in [0.25, 0.3) is 0 Å². The second kappa shape index (κ2) is 6.70. The molecule has 1 heterocycles. The molecule has 1 aromatic rings. The lowest BCUT2D eigenvalue weighted by molar-refractivity contribution is 0.275. The van der Waals surface area contributed by atoms with Gasteiger partial charge in [-0.15, -0.1) is 0 Å². The van der Waals surface area contributed by atoms with Crippen molar-refractivity contribution in [1.29, 1.82) is 0 Å². The van der Waals surface area contributed by atoms with Crippen LogP contribution in [0.4, 0.5) is 0 Å². The van der Waals surface area contributed by atoms with Crippen LogP contribution in [0, 0.1) is 0 Å². The van der Waals surface area contributed by atoms with Crippen LogP contribution in [0.1, 0.15) is 6.42 Å². The Bertz CT molecular complexity index is 404. The van der Waals surface area contributed by atoms with Crippen molar-refractivity contribution in [3.8, 4) is 0 Å². The number of nitrogens with zero attached hydrogens (tertiary/aromatic N) is 3. The third kappa shape index (κ3) is 4.82. The minimum atomic E-state index is -3.45. The molecular formula is C9H18N4O3S. The molecule has 0 aromatic carbocycles. The number of hydrogen-bond acceptors (Lipinski definition) is 4. The molecule has 7 nitrogen and oxygen atoms in total. The van der Waals surface area contributed by atoms with Gasteiger partial charge < -0.3 is 9.67 Å². The van der Waals surface area contributed by atoms with E-state index in [0.717, 1.165) is 0 Å². The first-order valence-corrected chi connectivity index (χ1v) is 6.78. The second-order valence-corrected chi connectivity index (χ2v) is 5.46. The van der Waals surface area contributed by atoms with Crippen LogP contribution >= 0.6 is 0 Å². The third-order valence-corrected chi connectivity index (χ3v) is 3.83. The molecule has 0 unspecified atom stereocenters. The summed E-state index contributed by atoms with van der Waals surface area (Å²) in [6, 6.07) is 0. The maximum Gasteiger partial charge on any atom is 0.279 e. The quantitative estimate of drug-likeness (QED) is 0.631. The topological polar surface area (TPSA) is 87.5 Å². The van der Waals surface area contributed by atoms with E-state index in [1.165, 1.54) is 11.4 Å². The van der Waals surface area contributed by atoms with Gasteiger partial charge in [-0.25, -0.2) is 9.71 Å². The number of aliphatic hydroxyl groups is 1. The smallest absolute Gasteiger partial charge is 0.279 e. The van der Waals surface area contributed by atoms with Crippen molar-refractivity contribution in [2.75, 3.05) is 26.7 Å². The van der Waals surface area contributed by atoms with Gasteiger partial charge in [0.2, 0.25) is 0 Å². The van der Waals surface area contributed by atoms with Crippen molar-refractivity contribution >= 4 is 10.2 Å². The van der Waals surface area contributed by atoms with Gasteiger partial charge in [-0.2, -0.15) is 12.7 Å². The minimum Gasteiger partial charge on any atom is -0.396 e. The Morgan fingerprint density at radius 3 is 2.88 bits per heavy atom. The van der Waals surface area contributed by atoms with Gasteiger partial charge in [0, 0.05) is 45.7 Å². The predicted octanol–water partition coefficient (Wildman–Crippen LogP) is -0.968. The van der Waals surface area contributed by atoms with Gasteiger partial charge in [-0.05, 0) is 6.42 Å². The molecule has 98 valence electrons. The Morgan fingerprint density at radius 2 is 2.29 bits per heavy atom. The molecule has 0 saturated heterocycles. The van der Waals surface area contributed by atoms with Gasteiger partial charge >= 0.3 is 0 Å². The van der Waals surface area contributed by atoms with Crippen LogP contribution in [0.5, 0.6) is 0 Å². The van der Waals surface area contributed by atoms with Gasteiger partial charge in [0.15, 0.2) is 0 Å². The molecule has 2 N–H and O–H groups in total. The van der Waals surface area contributed by atoms with Crippen molar-refractivity contribution in [2.24, 2.45) is 0 Å². The Morgan fingerprint density at radius 1 is 1.53 bits per heavy atom. The van der Waals surface area contributed by atoms with Crippen molar-refractivity contribution < 1.29 is 13.5 Å². The zero-order valence-electron chi connectivity index (χ0n) is 9.78. The normalized spacial score (nSPS) is 12.2. The first-order valence-electron chi connectivity index (χ1n) is 5.34. The maximum atomic E-state index is 11.7. The Hall–Kier alpha value is -0.960. The summed E-state index contributed by atoms with van der Waals surface area (Å²) in [6.07, 6.45) is 5.47. The van der Waals surface area contributed by atoms with E-state index in [2.05, 4.69) is 9.71 Å². The van der Waals surface area contributed by atoms with Gasteiger partial charge in [0.05, 0.1) is 6.33 Å². The van der Waals surface area contributed by atoms with Crippen LogP contribution in [-0.4, -0.2) is 54.1 Å². The third-order valence-electron chi connectivity index (χ3n) is 2.26. The molecule has 0 bridgehead atoms. The SMILES string of the molecule is CN(CCCO)S(=O)(=O)NCCn1ccnc1. The number of nitrogens with one attached hydrogen (secondary N) is 1. The highest BCUT2D eigenvalue weighted by atomic mass is 32.2. The molecule has 1 rings (SSSR count). The lowest BCUT2D eigenvalue weighted by atomic mass is 10.5. The van der Waals surface area contributed by atoms with Gasteiger partial charge in [-0.3, -0.25) is 0 Å². The molecule has 0 amide bonds. The van der Waals surface area contributed by atoms with Crippen molar-refractivity contribution in [2.45, 2.75) is 13.0 Å². The van der Waals surface area contributed by atoms with E-state index < -0.39 is 10.2 Å². The summed E-state index contributed by atoms with van der Waals surface area (Å²) in [6.45, 7) is 1.13. The van der Waals surface area contributed by atoms with E-state index in [4.69, 9.17) is 5.11 Å². The molecule has 0 saturated carbocycles. The zero-order chi connectivity index (χ0) is 12.7. The van der Waals surface area contributed by atoms with Crippen LogP contribution in [0.15, 0.2) is 18.7 Å². The average Bonchev–Trinajstić information content (AvgIpc) is 2.78. The standard InChI is InChI=1S/C9H18N4O3S/c1-12(5-2-8-14)17(15,16)11-4-7-13-6-3-10-9-13/h3,6,9,11,14H,2,4-5,7-8H2,1H3. The lowest BCUT2D eigenvalue weighted by Gasteiger charge is -2.17. The first-order chi connectivity index (χ1) is 8.06. The summed E-state index contributed by atoms with van der Waals surface area (Å²) in [5, 5.41) is 8.63. The van der Waals surface area contributed by atoms with E-state index in [-0.39, 0.29) is 6.61 Å². The van der Waals surface area contributed by atoms with E-state index >= 15 is 0 Å². The number of aliphatic hydroxyl groups excluding tert-OH is 1. The van der Waals surface area contributed by atoms with Gasteiger partial charge in [0.25, 0.3) is 10.2 Å². The minimum absolute atomic E-state index is 0.0190. The summed E-state index contributed by atoms with van der Waals surface area (Å²) in [4.78, 5) is 3.86. The van der Waals surface area contributed by atoms with Crippen LogP contribution in [-0.2, 0) is 16.8 Å². The van der Waals surface area contributed by atoms with Crippen LogP contribution in [0.3, 0.4) is 0 Å².